The topological polar surface area (TPSA) is 64.7 Å². The summed E-state index contributed by atoms with van der Waals surface area (Å²) in [5.74, 6) is 0. The lowest BCUT2D eigenvalue weighted by Crippen LogP contribution is -2.03. The molecule has 1 unspecified atom stereocenters. The Balaban J connectivity index is 1.81. The lowest BCUT2D eigenvalue weighted by molar-refractivity contribution is -0.384. The maximum Gasteiger partial charge on any atom is 0.269 e. The predicted molar refractivity (Wildman–Crippen MR) is 84.5 cm³/mol. The van der Waals surface area contributed by atoms with Crippen LogP contribution in [0.1, 0.15) is 23.7 Å². The average Bonchev–Trinajstić information content (AvgIpc) is 2.97. The number of benzene rings is 2. The summed E-state index contributed by atoms with van der Waals surface area (Å²) in [4.78, 5) is 15.6. The maximum absolute atomic E-state index is 10.7. The summed E-state index contributed by atoms with van der Waals surface area (Å²) >= 11 is 12.3. The third-order valence-corrected chi connectivity index (χ3v) is 4.03. The number of rotatable bonds is 3. The van der Waals surface area contributed by atoms with E-state index in [4.69, 9.17) is 28.0 Å². The summed E-state index contributed by atoms with van der Waals surface area (Å²) in [6.45, 7) is 0. The molecule has 0 aromatic heterocycles. The standard InChI is InChI=1S/C15H10Cl2N2O3/c16-11-2-1-3-12(17)15(11)13-8-14(22-18-13)9-4-6-10(7-5-9)19(20)21/h1-7,14H,8H2. The van der Waals surface area contributed by atoms with Crippen molar-refractivity contribution in [2.75, 3.05) is 0 Å². The highest BCUT2D eigenvalue weighted by Gasteiger charge is 2.26. The molecular formula is C15H10Cl2N2O3. The molecule has 7 heteroatoms. The van der Waals surface area contributed by atoms with Crippen molar-refractivity contribution in [3.63, 3.8) is 0 Å². The Hall–Kier alpha value is -2.11. The molecule has 1 atom stereocenters. The lowest BCUT2D eigenvalue weighted by atomic mass is 10.00. The Bertz CT molecular complexity index is 740. The zero-order valence-electron chi connectivity index (χ0n) is 11.2. The lowest BCUT2D eigenvalue weighted by Gasteiger charge is -2.08. The highest BCUT2D eigenvalue weighted by Crippen LogP contribution is 2.34. The van der Waals surface area contributed by atoms with Crippen LogP contribution in [0.4, 0.5) is 5.69 Å². The van der Waals surface area contributed by atoms with Crippen molar-refractivity contribution < 1.29 is 9.76 Å². The van der Waals surface area contributed by atoms with E-state index in [1.807, 2.05) is 0 Å². The largest absolute Gasteiger partial charge is 0.387 e. The van der Waals surface area contributed by atoms with Gasteiger partial charge in [-0.05, 0) is 29.8 Å². The number of hydrogen-bond donors (Lipinski definition) is 0. The zero-order chi connectivity index (χ0) is 15.7. The van der Waals surface area contributed by atoms with Gasteiger partial charge in [0.1, 0.15) is 0 Å². The van der Waals surface area contributed by atoms with Gasteiger partial charge in [0.15, 0.2) is 6.10 Å². The minimum Gasteiger partial charge on any atom is -0.387 e. The van der Waals surface area contributed by atoms with Crippen molar-refractivity contribution in [2.45, 2.75) is 12.5 Å². The zero-order valence-corrected chi connectivity index (χ0v) is 12.7. The van der Waals surface area contributed by atoms with E-state index < -0.39 is 4.92 Å². The van der Waals surface area contributed by atoms with E-state index in [9.17, 15) is 10.1 Å². The Morgan fingerprint density at radius 1 is 1.14 bits per heavy atom. The highest BCUT2D eigenvalue weighted by molar-refractivity contribution is 6.40. The Labute approximate surface area is 136 Å². The fourth-order valence-corrected chi connectivity index (χ4v) is 2.90. The highest BCUT2D eigenvalue weighted by atomic mass is 35.5. The average molecular weight is 337 g/mol. The second kappa shape index (κ2) is 5.94. The molecule has 0 saturated heterocycles. The third-order valence-electron chi connectivity index (χ3n) is 3.40. The molecule has 2 aromatic carbocycles. The summed E-state index contributed by atoms with van der Waals surface area (Å²) in [5.41, 5.74) is 2.18. The van der Waals surface area contributed by atoms with Crippen molar-refractivity contribution in [1.29, 1.82) is 0 Å². The number of hydrogen-bond acceptors (Lipinski definition) is 4. The van der Waals surface area contributed by atoms with Crippen LogP contribution in [-0.4, -0.2) is 10.6 Å². The molecule has 0 radical (unpaired) electrons. The third kappa shape index (κ3) is 2.77. The Morgan fingerprint density at radius 2 is 1.77 bits per heavy atom. The minimum atomic E-state index is -0.440. The summed E-state index contributed by atoms with van der Waals surface area (Å²) in [5, 5.41) is 15.8. The van der Waals surface area contributed by atoms with Gasteiger partial charge in [-0.2, -0.15) is 0 Å². The van der Waals surface area contributed by atoms with Gasteiger partial charge in [0.05, 0.1) is 20.7 Å². The molecule has 22 heavy (non-hydrogen) atoms. The number of nitro benzene ring substituents is 1. The van der Waals surface area contributed by atoms with Crippen LogP contribution in [0.5, 0.6) is 0 Å². The van der Waals surface area contributed by atoms with E-state index in [0.29, 0.717) is 27.7 Å². The molecule has 0 aliphatic carbocycles. The molecule has 0 amide bonds. The predicted octanol–water partition coefficient (Wildman–Crippen LogP) is 4.77. The fourth-order valence-electron chi connectivity index (χ4n) is 2.29. The molecule has 3 rings (SSSR count). The second-order valence-corrected chi connectivity index (χ2v) is 5.60. The van der Waals surface area contributed by atoms with E-state index >= 15 is 0 Å². The quantitative estimate of drug-likeness (QED) is 0.599. The monoisotopic (exact) mass is 336 g/mol. The van der Waals surface area contributed by atoms with Gasteiger partial charge in [-0.1, -0.05) is 34.4 Å². The van der Waals surface area contributed by atoms with Crippen molar-refractivity contribution in [2.24, 2.45) is 5.16 Å². The number of non-ortho nitro benzene ring substituents is 1. The van der Waals surface area contributed by atoms with Crippen LogP contribution in [0, 0.1) is 10.1 Å². The van der Waals surface area contributed by atoms with Gasteiger partial charge in [0.2, 0.25) is 0 Å². The summed E-state index contributed by atoms with van der Waals surface area (Å²) in [6.07, 6.45) is 0.199. The minimum absolute atomic E-state index is 0.0389. The van der Waals surface area contributed by atoms with Gasteiger partial charge in [-0.15, -0.1) is 0 Å². The van der Waals surface area contributed by atoms with E-state index in [2.05, 4.69) is 5.16 Å². The SMILES string of the molecule is O=[N+]([O-])c1ccc(C2CC(c3c(Cl)cccc3Cl)=NO2)cc1. The Kier molecular flexibility index (Phi) is 4.00. The summed E-state index contributed by atoms with van der Waals surface area (Å²) in [6, 6.07) is 11.5. The molecule has 1 aliphatic rings. The first-order chi connectivity index (χ1) is 10.6. The van der Waals surface area contributed by atoms with Crippen molar-refractivity contribution in [1.82, 2.24) is 0 Å². The van der Waals surface area contributed by atoms with Gasteiger partial charge < -0.3 is 4.84 Å². The molecule has 0 N–H and O–H groups in total. The number of nitrogens with zero attached hydrogens (tertiary/aromatic N) is 2. The maximum atomic E-state index is 10.7. The van der Waals surface area contributed by atoms with Crippen LogP contribution in [0.15, 0.2) is 47.6 Å². The van der Waals surface area contributed by atoms with E-state index in [0.717, 1.165) is 5.56 Å². The summed E-state index contributed by atoms with van der Waals surface area (Å²) < 4.78 is 0. The van der Waals surface area contributed by atoms with Crippen LogP contribution in [0.25, 0.3) is 0 Å². The van der Waals surface area contributed by atoms with Crippen LogP contribution >= 0.6 is 23.2 Å². The number of nitro groups is 1. The van der Waals surface area contributed by atoms with E-state index in [-0.39, 0.29) is 11.8 Å². The molecule has 2 aromatic rings. The van der Waals surface area contributed by atoms with E-state index in [1.54, 1.807) is 30.3 Å². The molecule has 0 bridgehead atoms. The van der Waals surface area contributed by atoms with Gasteiger partial charge in [0, 0.05) is 24.1 Å². The van der Waals surface area contributed by atoms with Crippen LogP contribution in [-0.2, 0) is 4.84 Å². The van der Waals surface area contributed by atoms with Gasteiger partial charge in [0.25, 0.3) is 5.69 Å². The van der Waals surface area contributed by atoms with Crippen molar-refractivity contribution >= 4 is 34.6 Å². The molecule has 1 aliphatic heterocycles. The molecular weight excluding hydrogens is 327 g/mol. The first-order valence-corrected chi connectivity index (χ1v) is 7.23. The molecule has 0 spiro atoms. The van der Waals surface area contributed by atoms with Gasteiger partial charge in [-0.3, -0.25) is 10.1 Å². The van der Waals surface area contributed by atoms with Gasteiger partial charge in [-0.25, -0.2) is 0 Å². The number of oxime groups is 1. The molecule has 112 valence electrons. The summed E-state index contributed by atoms with van der Waals surface area (Å²) in [7, 11) is 0. The molecule has 0 fully saturated rings. The number of halogens is 2. The van der Waals surface area contributed by atoms with Crippen molar-refractivity contribution in [3.8, 4) is 0 Å². The van der Waals surface area contributed by atoms with E-state index in [1.165, 1.54) is 12.1 Å². The van der Waals surface area contributed by atoms with Crippen LogP contribution in [0.2, 0.25) is 10.0 Å². The van der Waals surface area contributed by atoms with Gasteiger partial charge >= 0.3 is 0 Å². The van der Waals surface area contributed by atoms with Crippen molar-refractivity contribution in [3.05, 3.63) is 73.8 Å². The first-order valence-electron chi connectivity index (χ1n) is 6.47. The molecule has 0 saturated carbocycles. The first kappa shape index (κ1) is 14.8. The molecule has 5 nitrogen and oxygen atoms in total. The Morgan fingerprint density at radius 3 is 2.36 bits per heavy atom. The second-order valence-electron chi connectivity index (χ2n) is 4.78. The molecule has 1 heterocycles. The van der Waals surface area contributed by atoms with Crippen LogP contribution in [0.3, 0.4) is 0 Å². The fraction of sp³-hybridized carbons (Fsp3) is 0.133. The smallest absolute Gasteiger partial charge is 0.269 e. The normalized spacial score (nSPS) is 17.0. The van der Waals surface area contributed by atoms with Crippen LogP contribution < -0.4 is 0 Å².